The lowest BCUT2D eigenvalue weighted by Gasteiger charge is -2.28. The number of sulfonamides is 1. The van der Waals surface area contributed by atoms with Gasteiger partial charge in [-0.05, 0) is 25.5 Å². The molecule has 0 saturated heterocycles. The Bertz CT molecular complexity index is 745. The molecule has 0 fully saturated rings. The first kappa shape index (κ1) is 18.0. The molecule has 0 aliphatic rings. The van der Waals surface area contributed by atoms with Crippen molar-refractivity contribution in [2.24, 2.45) is 0 Å². The first-order valence-electron chi connectivity index (χ1n) is 7.70. The Morgan fingerprint density at radius 3 is 2.62 bits per heavy atom. The third kappa shape index (κ3) is 4.82. The number of amides is 1. The van der Waals surface area contributed by atoms with Gasteiger partial charge < -0.3 is 10.3 Å². The van der Waals surface area contributed by atoms with Gasteiger partial charge in [-0.1, -0.05) is 18.2 Å². The maximum Gasteiger partial charge on any atom is 0.243 e. The lowest BCUT2D eigenvalue weighted by molar-refractivity contribution is -0.121. The van der Waals surface area contributed by atoms with Crippen molar-refractivity contribution in [1.29, 1.82) is 0 Å². The van der Waals surface area contributed by atoms with Crippen molar-refractivity contribution in [2.75, 3.05) is 17.1 Å². The quantitative estimate of drug-likeness (QED) is 0.702. The molecule has 1 aromatic heterocycles. The molecule has 1 amide bonds. The normalized spacial score (nSPS) is 12.6. The summed E-state index contributed by atoms with van der Waals surface area (Å²) in [6.45, 7) is 2.03. The van der Waals surface area contributed by atoms with E-state index in [9.17, 15) is 13.2 Å². The van der Waals surface area contributed by atoms with Gasteiger partial charge in [0.2, 0.25) is 15.9 Å². The molecular weight excluding hydrogens is 328 g/mol. The maximum atomic E-state index is 12.3. The number of carbonyl (C=O) groups is 1. The fourth-order valence-corrected chi connectivity index (χ4v) is 3.61. The third-order valence-electron chi connectivity index (χ3n) is 3.54. The monoisotopic (exact) mass is 350 g/mol. The molecule has 0 aliphatic carbocycles. The molecule has 1 aromatic carbocycles. The van der Waals surface area contributed by atoms with E-state index in [0.717, 1.165) is 29.2 Å². The second-order valence-electron chi connectivity index (χ2n) is 5.50. The number of benzene rings is 1. The van der Waals surface area contributed by atoms with E-state index in [1.165, 1.54) is 0 Å². The van der Waals surface area contributed by atoms with E-state index in [2.05, 4.69) is 15.3 Å². The molecule has 0 radical (unpaired) electrons. The van der Waals surface area contributed by atoms with Crippen molar-refractivity contribution in [3.8, 4) is 0 Å². The Morgan fingerprint density at radius 1 is 1.33 bits per heavy atom. The highest BCUT2D eigenvalue weighted by Gasteiger charge is 2.28. The average Bonchev–Trinajstić information content (AvgIpc) is 3.04. The zero-order valence-electron chi connectivity index (χ0n) is 13.8. The number of H-pyrrole nitrogens is 1. The zero-order valence-corrected chi connectivity index (χ0v) is 14.6. The van der Waals surface area contributed by atoms with E-state index >= 15 is 0 Å². The topological polar surface area (TPSA) is 95.2 Å². The highest BCUT2D eigenvalue weighted by molar-refractivity contribution is 7.92. The summed E-state index contributed by atoms with van der Waals surface area (Å²) >= 11 is 0. The van der Waals surface area contributed by atoms with E-state index in [1.807, 2.05) is 0 Å². The Balaban J connectivity index is 1.96. The van der Waals surface area contributed by atoms with E-state index in [4.69, 9.17) is 0 Å². The summed E-state index contributed by atoms with van der Waals surface area (Å²) in [5.41, 5.74) is 0.471. The average molecular weight is 350 g/mol. The van der Waals surface area contributed by atoms with Gasteiger partial charge in [0, 0.05) is 25.4 Å². The van der Waals surface area contributed by atoms with E-state index in [1.54, 1.807) is 49.6 Å². The summed E-state index contributed by atoms with van der Waals surface area (Å²) in [6.07, 6.45) is 5.96. The predicted octanol–water partition coefficient (Wildman–Crippen LogP) is 1.31. The van der Waals surface area contributed by atoms with Crippen molar-refractivity contribution >= 4 is 21.6 Å². The van der Waals surface area contributed by atoms with Crippen LogP contribution in [0.2, 0.25) is 0 Å². The van der Waals surface area contributed by atoms with E-state index in [-0.39, 0.29) is 5.91 Å². The lowest BCUT2D eigenvalue weighted by Crippen LogP contribution is -2.48. The highest BCUT2D eigenvalue weighted by atomic mass is 32.2. The summed E-state index contributed by atoms with van der Waals surface area (Å²) < 4.78 is 25.3. The first-order chi connectivity index (χ1) is 11.4. The van der Waals surface area contributed by atoms with Crippen LogP contribution in [0.4, 0.5) is 5.69 Å². The van der Waals surface area contributed by atoms with Crippen LogP contribution in [0, 0.1) is 0 Å². The number of carbonyl (C=O) groups excluding carboxylic acids is 1. The number of aryl methyl sites for hydroxylation is 1. The van der Waals surface area contributed by atoms with Crippen molar-refractivity contribution in [3.05, 3.63) is 48.5 Å². The van der Waals surface area contributed by atoms with Crippen LogP contribution in [-0.4, -0.2) is 43.1 Å². The maximum absolute atomic E-state index is 12.3. The fourth-order valence-electron chi connectivity index (χ4n) is 2.43. The van der Waals surface area contributed by atoms with E-state index < -0.39 is 16.1 Å². The van der Waals surface area contributed by atoms with Crippen LogP contribution in [0.25, 0.3) is 0 Å². The first-order valence-corrected chi connectivity index (χ1v) is 9.55. The van der Waals surface area contributed by atoms with Crippen LogP contribution < -0.4 is 9.62 Å². The minimum Gasteiger partial charge on any atom is -0.354 e. The number of nitrogens with one attached hydrogen (secondary N) is 2. The molecule has 0 unspecified atom stereocenters. The number of para-hydroxylation sites is 1. The van der Waals surface area contributed by atoms with Gasteiger partial charge in [-0.15, -0.1) is 0 Å². The molecule has 0 bridgehead atoms. The summed E-state index contributed by atoms with van der Waals surface area (Å²) in [5, 5.41) is 2.78. The van der Waals surface area contributed by atoms with E-state index in [0.29, 0.717) is 12.2 Å². The summed E-state index contributed by atoms with van der Waals surface area (Å²) in [7, 11) is -3.57. The molecule has 130 valence electrons. The van der Waals surface area contributed by atoms with Gasteiger partial charge in [-0.25, -0.2) is 13.4 Å². The van der Waals surface area contributed by atoms with Gasteiger partial charge in [-0.2, -0.15) is 0 Å². The van der Waals surface area contributed by atoms with Gasteiger partial charge >= 0.3 is 0 Å². The fraction of sp³-hybridized carbons (Fsp3) is 0.375. The Morgan fingerprint density at radius 2 is 2.04 bits per heavy atom. The van der Waals surface area contributed by atoms with Crippen LogP contribution in [0.3, 0.4) is 0 Å². The molecular formula is C16H22N4O3S. The molecule has 2 aromatic rings. The molecule has 0 aliphatic heterocycles. The molecule has 24 heavy (non-hydrogen) atoms. The second kappa shape index (κ2) is 7.96. The number of hydrogen-bond acceptors (Lipinski definition) is 4. The summed E-state index contributed by atoms with van der Waals surface area (Å²) in [5.74, 6) is 0.531. The molecule has 8 heteroatoms. The van der Waals surface area contributed by atoms with Gasteiger partial charge in [-0.3, -0.25) is 9.10 Å². The van der Waals surface area contributed by atoms with Crippen molar-refractivity contribution in [3.63, 3.8) is 0 Å². The Labute approximate surface area is 142 Å². The van der Waals surface area contributed by atoms with Gasteiger partial charge in [0.25, 0.3) is 0 Å². The number of aromatic amines is 1. The standard InChI is InChI=1S/C16H22N4O3S/c1-13(16(21)19-10-6-9-15-17-11-12-18-15)20(24(2,22)23)14-7-4-3-5-8-14/h3-5,7-8,11-13H,6,9-10H2,1-2H3,(H,17,18)(H,19,21)/t13-/m0/s1. The number of hydrogen-bond donors (Lipinski definition) is 2. The van der Waals surface area contributed by atoms with Gasteiger partial charge in [0.15, 0.2) is 0 Å². The number of rotatable bonds is 8. The van der Waals surface area contributed by atoms with Gasteiger partial charge in [0.1, 0.15) is 11.9 Å². The van der Waals surface area contributed by atoms with Crippen molar-refractivity contribution in [1.82, 2.24) is 15.3 Å². The Hall–Kier alpha value is -2.35. The van der Waals surface area contributed by atoms with Gasteiger partial charge in [0.05, 0.1) is 11.9 Å². The number of anilines is 1. The molecule has 7 nitrogen and oxygen atoms in total. The van der Waals surface area contributed by atoms with Crippen LogP contribution in [0.5, 0.6) is 0 Å². The Kier molecular flexibility index (Phi) is 5.97. The lowest BCUT2D eigenvalue weighted by atomic mass is 10.2. The highest BCUT2D eigenvalue weighted by Crippen LogP contribution is 2.20. The van der Waals surface area contributed by atoms with Crippen LogP contribution in [0.1, 0.15) is 19.2 Å². The number of imidazole rings is 1. The van der Waals surface area contributed by atoms with Crippen molar-refractivity contribution in [2.45, 2.75) is 25.8 Å². The minimum atomic E-state index is -3.57. The summed E-state index contributed by atoms with van der Waals surface area (Å²) in [6, 6.07) is 7.78. The minimum absolute atomic E-state index is 0.330. The smallest absolute Gasteiger partial charge is 0.243 e. The summed E-state index contributed by atoms with van der Waals surface area (Å²) in [4.78, 5) is 19.4. The van der Waals surface area contributed by atoms with Crippen LogP contribution in [-0.2, 0) is 21.2 Å². The molecule has 0 spiro atoms. The largest absolute Gasteiger partial charge is 0.354 e. The molecule has 2 rings (SSSR count). The third-order valence-corrected chi connectivity index (χ3v) is 4.79. The zero-order chi connectivity index (χ0) is 17.6. The number of nitrogens with zero attached hydrogens (tertiary/aromatic N) is 2. The predicted molar refractivity (Wildman–Crippen MR) is 93.1 cm³/mol. The molecule has 0 saturated carbocycles. The SMILES string of the molecule is C[C@@H](C(=O)NCCCc1ncc[nH]1)N(c1ccccc1)S(C)(=O)=O. The van der Waals surface area contributed by atoms with Crippen molar-refractivity contribution < 1.29 is 13.2 Å². The molecule has 1 heterocycles. The van der Waals surface area contributed by atoms with Crippen LogP contribution >= 0.6 is 0 Å². The van der Waals surface area contributed by atoms with Crippen LogP contribution in [0.15, 0.2) is 42.7 Å². The second-order valence-corrected chi connectivity index (χ2v) is 7.36. The number of aromatic nitrogens is 2. The molecule has 2 N–H and O–H groups in total. The molecule has 1 atom stereocenters.